The van der Waals surface area contributed by atoms with Crippen molar-refractivity contribution in [1.82, 2.24) is 5.32 Å². The topological polar surface area (TPSA) is 47.6 Å². The van der Waals surface area contributed by atoms with E-state index in [1.54, 1.807) is 0 Å². The highest BCUT2D eigenvalue weighted by molar-refractivity contribution is 5.66. The molecule has 0 atom stereocenters. The number of rotatable bonds is 4. The summed E-state index contributed by atoms with van der Waals surface area (Å²) in [5, 5.41) is 2.37. The number of ether oxygens (including phenoxy) is 2. The van der Waals surface area contributed by atoms with Gasteiger partial charge in [-0.2, -0.15) is 0 Å². The molecule has 17 heavy (non-hydrogen) atoms. The number of methoxy groups -OCH3 is 2. The van der Waals surface area contributed by atoms with E-state index in [2.05, 4.69) is 14.8 Å². The lowest BCUT2D eigenvalue weighted by atomic mass is 10.1. The Bertz CT molecular complexity index is 410. The van der Waals surface area contributed by atoms with Gasteiger partial charge in [0.15, 0.2) is 11.6 Å². The standard InChI is InChI=1S/C11H13F2NO3/c1-16-10-6-8(12)7(5-9(10)13)3-4-14-11(15)17-2/h5-6H,3-4H2,1-2H3,(H,14,15). The number of hydrogen-bond donors (Lipinski definition) is 1. The lowest BCUT2D eigenvalue weighted by molar-refractivity contribution is 0.171. The molecule has 0 aliphatic carbocycles. The molecule has 0 bridgehead atoms. The van der Waals surface area contributed by atoms with Crippen LogP contribution in [0.4, 0.5) is 13.6 Å². The molecule has 4 nitrogen and oxygen atoms in total. The van der Waals surface area contributed by atoms with Crippen molar-refractivity contribution in [2.45, 2.75) is 6.42 Å². The number of amides is 1. The number of hydrogen-bond acceptors (Lipinski definition) is 3. The van der Waals surface area contributed by atoms with Gasteiger partial charge in [0.25, 0.3) is 0 Å². The smallest absolute Gasteiger partial charge is 0.406 e. The molecule has 0 aliphatic rings. The highest BCUT2D eigenvalue weighted by Crippen LogP contribution is 2.21. The van der Waals surface area contributed by atoms with Gasteiger partial charge in [0.05, 0.1) is 14.2 Å². The van der Waals surface area contributed by atoms with E-state index in [-0.39, 0.29) is 24.3 Å². The summed E-state index contributed by atoms with van der Waals surface area (Å²) in [5.41, 5.74) is 0.166. The van der Waals surface area contributed by atoms with Gasteiger partial charge in [-0.25, -0.2) is 13.6 Å². The summed E-state index contributed by atoms with van der Waals surface area (Å²) in [6, 6.07) is 2.02. The van der Waals surface area contributed by atoms with Gasteiger partial charge in [0.1, 0.15) is 5.82 Å². The van der Waals surface area contributed by atoms with Gasteiger partial charge in [-0.05, 0) is 18.1 Å². The van der Waals surface area contributed by atoms with E-state index in [9.17, 15) is 13.6 Å². The SMILES string of the molecule is COC(=O)NCCc1cc(F)c(OC)cc1F. The molecule has 0 heterocycles. The first-order chi connectivity index (χ1) is 8.08. The molecule has 0 saturated heterocycles. The second-order valence-corrected chi connectivity index (χ2v) is 3.25. The summed E-state index contributed by atoms with van der Waals surface area (Å²) < 4.78 is 35.7. The Balaban J connectivity index is 2.65. The third kappa shape index (κ3) is 3.58. The Morgan fingerprint density at radius 2 is 2.00 bits per heavy atom. The van der Waals surface area contributed by atoms with Gasteiger partial charge in [-0.3, -0.25) is 0 Å². The van der Waals surface area contributed by atoms with Crippen LogP contribution in [0.5, 0.6) is 5.75 Å². The van der Waals surface area contributed by atoms with Crippen LogP contribution >= 0.6 is 0 Å². The van der Waals surface area contributed by atoms with E-state index in [0.29, 0.717) is 0 Å². The minimum Gasteiger partial charge on any atom is -0.494 e. The summed E-state index contributed by atoms with van der Waals surface area (Å²) in [6.45, 7) is 0.162. The number of nitrogens with one attached hydrogen (secondary N) is 1. The molecule has 1 aromatic rings. The van der Waals surface area contributed by atoms with E-state index in [1.165, 1.54) is 14.2 Å². The Morgan fingerprint density at radius 3 is 2.59 bits per heavy atom. The normalized spacial score (nSPS) is 9.88. The molecule has 0 fully saturated rings. The van der Waals surface area contributed by atoms with Gasteiger partial charge in [-0.15, -0.1) is 0 Å². The molecule has 0 aliphatic heterocycles. The monoisotopic (exact) mass is 245 g/mol. The number of benzene rings is 1. The maximum Gasteiger partial charge on any atom is 0.406 e. The Hall–Kier alpha value is -1.85. The maximum atomic E-state index is 13.4. The highest BCUT2D eigenvalue weighted by Gasteiger charge is 2.10. The number of alkyl carbamates (subject to hydrolysis) is 1. The van der Waals surface area contributed by atoms with Crippen molar-refractivity contribution in [2.75, 3.05) is 20.8 Å². The van der Waals surface area contributed by atoms with E-state index in [1.807, 2.05) is 0 Å². The second kappa shape index (κ2) is 6.03. The average Bonchev–Trinajstić information content (AvgIpc) is 2.32. The van der Waals surface area contributed by atoms with Crippen LogP contribution in [-0.4, -0.2) is 26.9 Å². The first-order valence-electron chi connectivity index (χ1n) is 4.92. The fourth-order valence-corrected chi connectivity index (χ4v) is 1.29. The molecule has 1 rings (SSSR count). The average molecular weight is 245 g/mol. The molecule has 1 N–H and O–H groups in total. The highest BCUT2D eigenvalue weighted by atomic mass is 19.1. The molecular weight excluding hydrogens is 232 g/mol. The first-order valence-corrected chi connectivity index (χ1v) is 4.92. The zero-order chi connectivity index (χ0) is 12.8. The zero-order valence-corrected chi connectivity index (χ0v) is 9.55. The van der Waals surface area contributed by atoms with Crippen LogP contribution in [0.3, 0.4) is 0 Å². The molecule has 0 saturated carbocycles. The van der Waals surface area contributed by atoms with Crippen LogP contribution in [0.1, 0.15) is 5.56 Å². The minimum atomic E-state index is -0.637. The third-order valence-corrected chi connectivity index (χ3v) is 2.17. The number of halogens is 2. The van der Waals surface area contributed by atoms with Crippen molar-refractivity contribution in [1.29, 1.82) is 0 Å². The zero-order valence-electron chi connectivity index (χ0n) is 9.55. The van der Waals surface area contributed by atoms with Crippen molar-refractivity contribution in [3.8, 4) is 5.75 Å². The van der Waals surface area contributed by atoms with Crippen LogP contribution < -0.4 is 10.1 Å². The van der Waals surface area contributed by atoms with Gasteiger partial charge >= 0.3 is 6.09 Å². The molecule has 94 valence electrons. The molecule has 0 spiro atoms. The van der Waals surface area contributed by atoms with Crippen molar-refractivity contribution in [3.63, 3.8) is 0 Å². The summed E-state index contributed by atoms with van der Waals surface area (Å²) >= 11 is 0. The fraction of sp³-hybridized carbons (Fsp3) is 0.364. The maximum absolute atomic E-state index is 13.4. The fourth-order valence-electron chi connectivity index (χ4n) is 1.29. The summed E-state index contributed by atoms with van der Waals surface area (Å²) in [4.78, 5) is 10.7. The second-order valence-electron chi connectivity index (χ2n) is 3.25. The van der Waals surface area contributed by atoms with Gasteiger partial charge in [0.2, 0.25) is 0 Å². The minimum absolute atomic E-state index is 0.146. The summed E-state index contributed by atoms with van der Waals surface area (Å²) in [5.74, 6) is -1.36. The van der Waals surface area contributed by atoms with Crippen molar-refractivity contribution in [2.24, 2.45) is 0 Å². The molecule has 6 heteroatoms. The van der Waals surface area contributed by atoms with Crippen molar-refractivity contribution in [3.05, 3.63) is 29.3 Å². The van der Waals surface area contributed by atoms with Crippen molar-refractivity contribution < 1.29 is 23.0 Å². The molecule has 0 radical (unpaired) electrons. The van der Waals surface area contributed by atoms with Gasteiger partial charge in [-0.1, -0.05) is 0 Å². The van der Waals surface area contributed by atoms with E-state index in [0.717, 1.165) is 12.1 Å². The predicted molar refractivity (Wildman–Crippen MR) is 57.0 cm³/mol. The summed E-state index contributed by atoms with van der Waals surface area (Å²) in [7, 11) is 2.49. The van der Waals surface area contributed by atoms with Gasteiger partial charge < -0.3 is 14.8 Å². The molecule has 1 aromatic carbocycles. The largest absolute Gasteiger partial charge is 0.494 e. The molecule has 1 amide bonds. The first kappa shape index (κ1) is 13.2. The van der Waals surface area contributed by atoms with E-state index < -0.39 is 17.7 Å². The predicted octanol–water partition coefficient (Wildman–Crippen LogP) is 1.87. The summed E-state index contributed by atoms with van der Waals surface area (Å²) in [6.07, 6.45) is -0.443. The third-order valence-electron chi connectivity index (χ3n) is 2.17. The van der Waals surface area contributed by atoms with Crippen LogP contribution in [-0.2, 0) is 11.2 Å². The molecule has 0 aromatic heterocycles. The molecular formula is C11H13F2NO3. The Morgan fingerprint density at radius 1 is 1.29 bits per heavy atom. The molecule has 0 unspecified atom stereocenters. The number of carbonyl (C=O) groups is 1. The lowest BCUT2D eigenvalue weighted by Gasteiger charge is -2.07. The van der Waals surface area contributed by atoms with Crippen LogP contribution in [0.25, 0.3) is 0 Å². The number of carbonyl (C=O) groups excluding carboxylic acids is 1. The van der Waals surface area contributed by atoms with Crippen LogP contribution in [0.2, 0.25) is 0 Å². The quantitative estimate of drug-likeness (QED) is 0.880. The van der Waals surface area contributed by atoms with Crippen LogP contribution in [0, 0.1) is 11.6 Å². The van der Waals surface area contributed by atoms with E-state index in [4.69, 9.17) is 0 Å². The van der Waals surface area contributed by atoms with Crippen LogP contribution in [0.15, 0.2) is 12.1 Å². The van der Waals surface area contributed by atoms with Crippen molar-refractivity contribution >= 4 is 6.09 Å². The Labute approximate surface area is 97.5 Å². The van der Waals surface area contributed by atoms with Gasteiger partial charge in [0, 0.05) is 12.6 Å². The lowest BCUT2D eigenvalue weighted by Crippen LogP contribution is -2.25. The Kier molecular flexibility index (Phi) is 4.68. The van der Waals surface area contributed by atoms with E-state index >= 15 is 0 Å².